The number of oxazole rings is 5. The van der Waals surface area contributed by atoms with Crippen LogP contribution in [0, 0.1) is 13.1 Å². The molecule has 15 aromatic rings. The lowest BCUT2D eigenvalue weighted by molar-refractivity contribution is -0.150. The summed E-state index contributed by atoms with van der Waals surface area (Å²) in [5.41, 5.74) is 31.9. The van der Waals surface area contributed by atoms with E-state index >= 15 is 0 Å². The van der Waals surface area contributed by atoms with Gasteiger partial charge in [-0.15, -0.1) is 0 Å². The molecule has 0 saturated carbocycles. The highest BCUT2D eigenvalue weighted by molar-refractivity contribution is 9.10. The highest BCUT2D eigenvalue weighted by Crippen LogP contribution is 2.34. The number of carbonyl (C=O) groups excluding carboxylic acids is 5. The van der Waals surface area contributed by atoms with Crippen LogP contribution in [-0.4, -0.2) is 194 Å². The summed E-state index contributed by atoms with van der Waals surface area (Å²) >= 11 is 3.33. The monoisotopic (exact) mass is 1900 g/mol. The zero-order valence-corrected chi connectivity index (χ0v) is 77.0. The maximum Gasteiger partial charge on any atom is 0.407 e. The molecule has 9 heterocycles. The number of aromatic nitrogens is 11. The minimum atomic E-state index is -0.747. The maximum absolute atomic E-state index is 12.3. The molecule has 0 atom stereocenters. The molecule has 7 aromatic carbocycles. The lowest BCUT2D eigenvalue weighted by Gasteiger charge is -2.19. The van der Waals surface area contributed by atoms with Gasteiger partial charge in [0, 0.05) is 137 Å². The number of aromatic amines is 1. The molecule has 0 spiro atoms. The van der Waals surface area contributed by atoms with Crippen molar-refractivity contribution in [1.29, 1.82) is 0 Å². The Bertz CT molecular complexity index is 6760. The molecule has 8 aromatic heterocycles. The Labute approximate surface area is 782 Å². The average molecular weight is 1900 g/mol. The van der Waals surface area contributed by atoms with Crippen LogP contribution in [0.2, 0.25) is 0 Å². The van der Waals surface area contributed by atoms with Gasteiger partial charge in [-0.2, -0.15) is 15.0 Å². The molecule has 1 aliphatic rings. The molecule has 1 aliphatic heterocycles. The van der Waals surface area contributed by atoms with Gasteiger partial charge in [0.25, 0.3) is 23.8 Å². The summed E-state index contributed by atoms with van der Waals surface area (Å²) in [5.74, 6) is -0.0693. The third-order valence-corrected chi connectivity index (χ3v) is 19.6. The number of nitrogen functional groups attached to an aromatic ring is 2. The lowest BCUT2D eigenvalue weighted by Crippen LogP contribution is -2.28. The Morgan fingerprint density at radius 2 is 1.01 bits per heavy atom. The topological polar surface area (TPSA) is 516 Å². The van der Waals surface area contributed by atoms with Crippen LogP contribution >= 0.6 is 15.9 Å². The quantitative estimate of drug-likeness (QED) is 0.00549. The molecule has 0 radical (unpaired) electrons. The van der Waals surface area contributed by atoms with Gasteiger partial charge in [-0.25, -0.2) is 49.4 Å². The number of halogens is 1. The zero-order valence-electron chi connectivity index (χ0n) is 75.4. The van der Waals surface area contributed by atoms with Gasteiger partial charge in [0.1, 0.15) is 69.8 Å². The number of nitrogens with zero attached hydrogens (tertiary/aromatic N) is 17. The normalized spacial score (nSPS) is 11.5. The number of likely N-dealkylation sites (N-methyl/N-ethyl adjacent to an activating group) is 3. The largest absolute Gasteiger partial charge is 0.471 e. The van der Waals surface area contributed by atoms with Crippen molar-refractivity contribution in [3.63, 3.8) is 0 Å². The number of nitrogens with one attached hydrogen (secondary N) is 2. The van der Waals surface area contributed by atoms with Crippen LogP contribution in [0.5, 0.6) is 11.8 Å². The molecule has 0 fully saturated rings. The van der Waals surface area contributed by atoms with E-state index in [0.717, 1.165) is 90.3 Å². The number of aliphatic imine (C=N–C) groups is 1. The number of nitrogens with two attached hydrogens (primary N) is 3. The van der Waals surface area contributed by atoms with Crippen LogP contribution in [0.25, 0.3) is 88.5 Å². The van der Waals surface area contributed by atoms with Gasteiger partial charge in [0.2, 0.25) is 41.7 Å². The fraction of sp³-hybridized carbons (Fsp3) is 0.277. The molecule has 0 saturated heterocycles. The number of carbonyl (C=O) groups is 5. The number of alkyl carbamates (subject to hydrolysis) is 1. The average Bonchev–Trinajstić information content (AvgIpc) is 1.54. The van der Waals surface area contributed by atoms with Gasteiger partial charge in [0.15, 0.2) is 46.3 Å². The van der Waals surface area contributed by atoms with Crippen molar-refractivity contribution >= 4 is 172 Å². The van der Waals surface area contributed by atoms with Crippen LogP contribution in [-0.2, 0) is 66.1 Å². The predicted molar refractivity (Wildman–Crippen MR) is 510 cm³/mol. The number of imidazole rings is 1. The molecule has 135 heavy (non-hydrogen) atoms. The van der Waals surface area contributed by atoms with Crippen LogP contribution in [0.1, 0.15) is 98.4 Å². The standard InChI is InChI=1S/C33H34N8O6.C18H21N3O4.C13H14N6O.C13H14N2O4.C10H12N2O2.C7H4BrNO/c1-33(2,3)47-30(42)25(35-4)17-27-38-23-11-10-22(16-26(23)46-27)41(5)14-15-44-32(43)37-18-20-6-8-21(9-7-20)19-45-29-28-24(12-13-36-28)39-31(34)40-29;1-18(2,3)25-17(23)14(19-4)11-16-20-13-7-6-12(10-15(13)24-16)21(5)8-9-22;14-5-8-1-3-9(4-2-8)6-20-12-10-11(17-7-16-10)18-13(15)19-12;1-15(5-2-6-18-9-17)10-3-4-11-12(7-10)19-13(8-16)14-11;1-12(4-5-13)8-2-3-9-10(6-8)14-7-11-9;8-5-1-2-6-7(3-5)10-4-9-6/h6-11,13,16-17H,12,14-15,18-19H2,1-3,5H3,(H,37,43)(H2,34,39,40);6-7,10-11,22H,8-9H2,1-3,5H3;1-4,7H,5-6,14H2,(H3,15,16,17,18,19);3-4,7-9H,2,5-6H2,1H3;2-3,6-7,13H,4-5H2,1H3;1-4H/b25-17-;14-11-;;;;. The minimum Gasteiger partial charge on any atom is -0.471 e. The minimum absolute atomic E-state index is 0.0448. The van der Waals surface area contributed by atoms with Crippen LogP contribution < -0.4 is 51.6 Å². The summed E-state index contributed by atoms with van der Waals surface area (Å²) in [7, 11) is 7.56. The van der Waals surface area contributed by atoms with Crippen molar-refractivity contribution < 1.29 is 84.7 Å². The number of esters is 2. The molecule has 0 bridgehead atoms. The van der Waals surface area contributed by atoms with Crippen molar-refractivity contribution in [2.75, 3.05) is 112 Å². The SMILES string of the molecule is Brc1ccc2ncoc2c1.CN(CCCOC=O)c1ccc2nc(C=O)oc2c1.CN(CCO)c1ccc2ncoc2c1.NCc1ccc(COc2nc(N)nc3nc[nH]c23)cc1.[C-]#[N+]/C(=C\c1nc2ccc(N(C)CCO)cc2o1)C(=O)OC(C)(C)C.[C-]#[N+]/C(=C\c1nc2ccc(N(C)CCOC(=O)NCc3ccc(COc4nc(N)nc5c4N=CC5)cc3)cc2o1)C(=O)OC(C)(C)C. The Morgan fingerprint density at radius 1 is 0.548 bits per heavy atom. The molecule has 40 nitrogen and oxygen atoms in total. The van der Waals surface area contributed by atoms with E-state index < -0.39 is 29.2 Å². The van der Waals surface area contributed by atoms with Crippen molar-refractivity contribution in [3.8, 4) is 11.8 Å². The van der Waals surface area contributed by atoms with Crippen LogP contribution in [0.15, 0.2) is 202 Å². The highest BCUT2D eigenvalue weighted by Gasteiger charge is 2.25. The van der Waals surface area contributed by atoms with E-state index in [4.69, 9.17) is 86.3 Å². The first-order valence-corrected chi connectivity index (χ1v) is 42.6. The molecule has 700 valence electrons. The number of ether oxygens (including phenoxy) is 6. The number of anilines is 6. The molecule has 0 unspecified atom stereocenters. The number of aliphatic hydroxyl groups excluding tert-OH is 2. The second-order valence-corrected chi connectivity index (χ2v) is 32.4. The smallest absolute Gasteiger partial charge is 0.407 e. The number of amides is 1. The molecular weight excluding hydrogens is 1810 g/mol. The van der Waals surface area contributed by atoms with Gasteiger partial charge in [-0.05, 0) is 137 Å². The van der Waals surface area contributed by atoms with E-state index in [0.29, 0.717) is 127 Å². The summed E-state index contributed by atoms with van der Waals surface area (Å²) in [4.78, 5) is 120. The van der Waals surface area contributed by atoms with E-state index in [1.54, 1.807) is 78.1 Å². The number of rotatable bonds is 30. The van der Waals surface area contributed by atoms with Gasteiger partial charge < -0.3 is 108 Å². The number of aldehydes is 1. The van der Waals surface area contributed by atoms with Crippen molar-refractivity contribution in [1.82, 2.24) is 60.1 Å². The predicted octanol–water partition coefficient (Wildman–Crippen LogP) is 14.3. The number of hydrogen-bond donors (Lipinski definition) is 7. The van der Waals surface area contributed by atoms with Gasteiger partial charge in [0.05, 0.1) is 51.5 Å². The number of aliphatic hydroxyl groups is 2. The molecular formula is C94H99BrN22O18. The van der Waals surface area contributed by atoms with E-state index in [-0.39, 0.29) is 67.4 Å². The zero-order chi connectivity index (χ0) is 96.7. The van der Waals surface area contributed by atoms with E-state index in [2.05, 4.69) is 95.5 Å². The summed E-state index contributed by atoms with van der Waals surface area (Å²) in [5, 5.41) is 20.6. The fourth-order valence-corrected chi connectivity index (χ4v) is 12.7. The second-order valence-electron chi connectivity index (χ2n) is 31.5. The Kier molecular flexibility index (Phi) is 35.0. The maximum atomic E-state index is 12.3. The highest BCUT2D eigenvalue weighted by atomic mass is 79.9. The van der Waals surface area contributed by atoms with E-state index in [1.807, 2.05) is 157 Å². The Morgan fingerprint density at radius 3 is 1.52 bits per heavy atom. The first-order chi connectivity index (χ1) is 64.9. The molecule has 10 N–H and O–H groups in total. The van der Waals surface area contributed by atoms with Gasteiger partial charge >= 0.3 is 18.0 Å². The van der Waals surface area contributed by atoms with Crippen LogP contribution in [0.3, 0.4) is 0 Å². The molecule has 41 heteroatoms. The van der Waals surface area contributed by atoms with E-state index in [9.17, 15) is 24.0 Å². The summed E-state index contributed by atoms with van der Waals surface area (Å²) in [6.45, 7) is 29.8. The van der Waals surface area contributed by atoms with Crippen LogP contribution in [0.4, 0.5) is 45.1 Å². The van der Waals surface area contributed by atoms with Gasteiger partial charge in [-0.1, -0.05) is 64.5 Å². The summed E-state index contributed by atoms with van der Waals surface area (Å²) in [6, 6.07) is 43.4. The molecule has 0 aliphatic carbocycles. The third kappa shape index (κ3) is 29.4. The molecule has 1 amide bonds. The van der Waals surface area contributed by atoms with Crippen molar-refractivity contribution in [3.05, 3.63) is 243 Å². The van der Waals surface area contributed by atoms with Gasteiger partial charge in [-0.3, -0.25) is 24.2 Å². The lowest BCUT2D eigenvalue weighted by atomic mass is 10.1. The fourth-order valence-electron chi connectivity index (χ4n) is 12.4. The second kappa shape index (κ2) is 47.5. The number of fused-ring (bicyclic) bond motifs is 7. The van der Waals surface area contributed by atoms with E-state index in [1.165, 1.54) is 31.3 Å². The summed E-state index contributed by atoms with van der Waals surface area (Å²) < 4.78 is 59.9. The summed E-state index contributed by atoms with van der Waals surface area (Å²) in [6.07, 6.45) is 10.1. The Balaban J connectivity index is 0.000000168. The van der Waals surface area contributed by atoms with Crippen molar-refractivity contribution in [2.45, 2.75) is 91.9 Å². The first kappa shape index (κ1) is 99.3. The molecule has 16 rings (SSSR count). The number of H-pyrrole nitrogens is 1. The third-order valence-electron chi connectivity index (χ3n) is 19.2. The number of hydrogen-bond acceptors (Lipinski definition) is 36. The van der Waals surface area contributed by atoms with Crippen molar-refractivity contribution in [2.24, 2.45) is 10.7 Å². The first-order valence-electron chi connectivity index (χ1n) is 41.8. The Hall–Kier alpha value is -16.2. The number of benzene rings is 7.